The Kier molecular flexibility index (Phi) is 3.66. The summed E-state index contributed by atoms with van der Waals surface area (Å²) in [5, 5.41) is 10.7. The van der Waals surface area contributed by atoms with Crippen molar-refractivity contribution >= 4 is 38.4 Å². The summed E-state index contributed by atoms with van der Waals surface area (Å²) in [6, 6.07) is 19.7. The molecule has 3 aromatic rings. The highest BCUT2D eigenvalue weighted by Gasteiger charge is 2.48. The first-order valence-corrected chi connectivity index (χ1v) is 8.91. The van der Waals surface area contributed by atoms with Crippen LogP contribution in [-0.4, -0.2) is 17.5 Å². The predicted octanol–water partition coefficient (Wildman–Crippen LogP) is 4.69. The molecule has 1 aromatic heterocycles. The van der Waals surface area contributed by atoms with E-state index >= 15 is 0 Å². The molecule has 1 saturated carbocycles. The first-order chi connectivity index (χ1) is 12.1. The quantitative estimate of drug-likeness (QED) is 0.647. The number of fused-ring (bicyclic) bond motifs is 1. The monoisotopic (exact) mass is 393 g/mol. The lowest BCUT2D eigenvalue weighted by Crippen LogP contribution is -2.30. The van der Waals surface area contributed by atoms with Crippen molar-refractivity contribution in [3.8, 4) is 6.07 Å². The van der Waals surface area contributed by atoms with Crippen molar-refractivity contribution < 1.29 is 4.79 Å². The standard InChI is InChI=1S/C20H16BrN3O/c1-23(16-5-3-2-4-6-16)19(25)18-12-14-11-15(21)7-8-17(14)24(18)20(13-22)9-10-20/h2-8,11-12H,9-10H2,1H3. The number of nitriles is 1. The third kappa shape index (κ3) is 2.54. The van der Waals surface area contributed by atoms with Crippen LogP contribution in [0.4, 0.5) is 5.69 Å². The topological polar surface area (TPSA) is 49.0 Å². The summed E-state index contributed by atoms with van der Waals surface area (Å²) in [5.41, 5.74) is 1.70. The molecule has 2 aromatic carbocycles. The van der Waals surface area contributed by atoms with Gasteiger partial charge in [-0.25, -0.2) is 0 Å². The van der Waals surface area contributed by atoms with Gasteiger partial charge in [0.15, 0.2) is 0 Å². The van der Waals surface area contributed by atoms with Crippen LogP contribution in [0.1, 0.15) is 23.3 Å². The second kappa shape index (κ2) is 5.75. The van der Waals surface area contributed by atoms with E-state index in [0.29, 0.717) is 5.69 Å². The molecule has 1 fully saturated rings. The van der Waals surface area contributed by atoms with Crippen molar-refractivity contribution in [1.29, 1.82) is 5.26 Å². The molecule has 0 atom stereocenters. The van der Waals surface area contributed by atoms with Crippen molar-refractivity contribution in [1.82, 2.24) is 4.57 Å². The molecule has 1 heterocycles. The van der Waals surface area contributed by atoms with Gasteiger partial charge in [0.05, 0.1) is 11.6 Å². The maximum Gasteiger partial charge on any atom is 0.274 e. The highest BCUT2D eigenvalue weighted by atomic mass is 79.9. The number of halogens is 1. The van der Waals surface area contributed by atoms with Crippen LogP contribution >= 0.6 is 15.9 Å². The highest BCUT2D eigenvalue weighted by Crippen LogP contribution is 2.46. The number of amides is 1. The number of hydrogen-bond donors (Lipinski definition) is 0. The van der Waals surface area contributed by atoms with Gasteiger partial charge in [0, 0.05) is 22.6 Å². The summed E-state index contributed by atoms with van der Waals surface area (Å²) >= 11 is 3.48. The Hall–Kier alpha value is -2.58. The van der Waals surface area contributed by atoms with Crippen molar-refractivity contribution in [2.45, 2.75) is 18.4 Å². The molecule has 1 amide bonds. The first-order valence-electron chi connectivity index (χ1n) is 8.12. The van der Waals surface area contributed by atoms with Crippen LogP contribution in [0.3, 0.4) is 0 Å². The number of benzene rings is 2. The molecule has 0 bridgehead atoms. The van der Waals surface area contributed by atoms with Crippen molar-refractivity contribution in [2.75, 3.05) is 11.9 Å². The Morgan fingerprint density at radius 2 is 1.92 bits per heavy atom. The summed E-state index contributed by atoms with van der Waals surface area (Å²) in [6.07, 6.45) is 1.55. The number of carbonyl (C=O) groups excluding carboxylic acids is 1. The largest absolute Gasteiger partial charge is 0.317 e. The smallest absolute Gasteiger partial charge is 0.274 e. The molecule has 1 aliphatic rings. The second-order valence-electron chi connectivity index (χ2n) is 6.41. The van der Waals surface area contributed by atoms with Crippen LogP contribution in [0.15, 0.2) is 59.1 Å². The first kappa shape index (κ1) is 15.9. The van der Waals surface area contributed by atoms with Crippen molar-refractivity contribution in [3.63, 3.8) is 0 Å². The molecule has 4 rings (SSSR count). The van der Waals surface area contributed by atoms with E-state index in [1.54, 1.807) is 11.9 Å². The average molecular weight is 394 g/mol. The van der Waals surface area contributed by atoms with E-state index in [9.17, 15) is 10.1 Å². The lowest BCUT2D eigenvalue weighted by molar-refractivity contribution is 0.0983. The number of nitrogens with zero attached hydrogens (tertiary/aromatic N) is 3. The van der Waals surface area contributed by atoms with Crippen molar-refractivity contribution in [2.24, 2.45) is 0 Å². The Balaban J connectivity index is 1.88. The van der Waals surface area contributed by atoms with Gasteiger partial charge in [-0.15, -0.1) is 0 Å². The Bertz CT molecular complexity index is 1010. The summed E-state index contributed by atoms with van der Waals surface area (Å²) in [4.78, 5) is 14.8. The minimum atomic E-state index is -0.599. The second-order valence-corrected chi connectivity index (χ2v) is 7.33. The summed E-state index contributed by atoms with van der Waals surface area (Å²) in [7, 11) is 1.77. The fourth-order valence-corrected chi connectivity index (χ4v) is 3.63. The normalized spacial score (nSPS) is 14.9. The number of rotatable bonds is 3. The molecule has 4 nitrogen and oxygen atoms in total. The van der Waals surface area contributed by atoms with Gasteiger partial charge in [-0.2, -0.15) is 5.26 Å². The van der Waals surface area contributed by atoms with E-state index in [1.165, 1.54) is 0 Å². The summed E-state index contributed by atoms with van der Waals surface area (Å²) in [6.45, 7) is 0. The molecule has 0 radical (unpaired) electrons. The molecule has 5 heteroatoms. The van der Waals surface area contributed by atoms with Gasteiger partial charge in [-0.3, -0.25) is 4.79 Å². The lowest BCUT2D eigenvalue weighted by atomic mass is 10.2. The minimum absolute atomic E-state index is 0.111. The molecule has 1 aliphatic carbocycles. The zero-order valence-corrected chi connectivity index (χ0v) is 15.3. The zero-order valence-electron chi connectivity index (χ0n) is 13.7. The molecular formula is C20H16BrN3O. The molecule has 0 saturated heterocycles. The third-order valence-electron chi connectivity index (χ3n) is 4.79. The number of para-hydroxylation sites is 1. The van der Waals surface area contributed by atoms with Crippen LogP contribution in [0.25, 0.3) is 10.9 Å². The molecule has 0 spiro atoms. The third-order valence-corrected chi connectivity index (χ3v) is 5.28. The molecular weight excluding hydrogens is 378 g/mol. The molecule has 0 aliphatic heterocycles. The molecule has 124 valence electrons. The Morgan fingerprint density at radius 1 is 1.20 bits per heavy atom. The van der Waals surface area contributed by atoms with Gasteiger partial charge in [-0.1, -0.05) is 34.1 Å². The number of hydrogen-bond acceptors (Lipinski definition) is 2. The highest BCUT2D eigenvalue weighted by molar-refractivity contribution is 9.10. The van der Waals surface area contributed by atoms with Crippen LogP contribution in [0, 0.1) is 11.3 Å². The summed E-state index contributed by atoms with van der Waals surface area (Å²) in [5.74, 6) is -0.111. The van der Waals surface area contributed by atoms with Gasteiger partial charge in [0.1, 0.15) is 11.2 Å². The maximum absolute atomic E-state index is 13.2. The SMILES string of the molecule is CN(C(=O)c1cc2cc(Br)ccc2n1C1(C#N)CC1)c1ccccc1. The minimum Gasteiger partial charge on any atom is -0.317 e. The van der Waals surface area contributed by atoms with E-state index in [1.807, 2.05) is 59.2 Å². The summed E-state index contributed by atoms with van der Waals surface area (Å²) < 4.78 is 2.88. The van der Waals surface area contributed by atoms with Crippen molar-refractivity contribution in [3.05, 3.63) is 64.8 Å². The number of carbonyl (C=O) groups is 1. The van der Waals surface area contributed by atoms with Crippen LogP contribution < -0.4 is 4.90 Å². The number of anilines is 1. The van der Waals surface area contributed by atoms with E-state index < -0.39 is 5.54 Å². The van der Waals surface area contributed by atoms with E-state index in [-0.39, 0.29) is 5.91 Å². The van der Waals surface area contributed by atoms with Crippen LogP contribution in [0.2, 0.25) is 0 Å². The molecule has 25 heavy (non-hydrogen) atoms. The van der Waals surface area contributed by atoms with Gasteiger partial charge >= 0.3 is 0 Å². The van der Waals surface area contributed by atoms with Gasteiger partial charge in [-0.05, 0) is 49.2 Å². The van der Waals surface area contributed by atoms with E-state index in [2.05, 4.69) is 22.0 Å². The van der Waals surface area contributed by atoms with Gasteiger partial charge < -0.3 is 9.47 Å². The predicted molar refractivity (Wildman–Crippen MR) is 102 cm³/mol. The lowest BCUT2D eigenvalue weighted by Gasteiger charge is -2.20. The van der Waals surface area contributed by atoms with Gasteiger partial charge in [0.25, 0.3) is 5.91 Å². The van der Waals surface area contributed by atoms with Crippen LogP contribution in [0.5, 0.6) is 0 Å². The Labute approximate surface area is 154 Å². The van der Waals surface area contributed by atoms with E-state index in [0.717, 1.165) is 33.9 Å². The Morgan fingerprint density at radius 3 is 2.56 bits per heavy atom. The number of aromatic nitrogens is 1. The zero-order chi connectivity index (χ0) is 17.6. The molecule has 0 N–H and O–H groups in total. The fraction of sp³-hybridized carbons (Fsp3) is 0.200. The maximum atomic E-state index is 13.2. The fourth-order valence-electron chi connectivity index (χ4n) is 3.25. The average Bonchev–Trinajstić information content (AvgIpc) is 3.34. The van der Waals surface area contributed by atoms with E-state index in [4.69, 9.17) is 0 Å². The molecule has 0 unspecified atom stereocenters. The van der Waals surface area contributed by atoms with Gasteiger partial charge in [0.2, 0.25) is 0 Å². The van der Waals surface area contributed by atoms with Crippen LogP contribution in [-0.2, 0) is 5.54 Å².